The number of rotatable bonds is 7. The van der Waals surface area contributed by atoms with Gasteiger partial charge < -0.3 is 14.9 Å². The summed E-state index contributed by atoms with van der Waals surface area (Å²) in [6.07, 6.45) is 1.59. The van der Waals surface area contributed by atoms with Gasteiger partial charge >= 0.3 is 0 Å². The van der Waals surface area contributed by atoms with Crippen LogP contribution in [0.25, 0.3) is 10.8 Å². The normalized spacial score (nSPS) is 10.8. The van der Waals surface area contributed by atoms with Crippen molar-refractivity contribution in [2.24, 2.45) is 5.16 Å². The number of carbonyl (C=O) groups excluding carboxylic acids is 1. The van der Waals surface area contributed by atoms with Gasteiger partial charge in [-0.1, -0.05) is 53.7 Å². The molecule has 5 nitrogen and oxygen atoms in total. The van der Waals surface area contributed by atoms with Crippen LogP contribution in [0.4, 0.5) is 5.69 Å². The number of hydrogen-bond donors (Lipinski definition) is 1. The molecule has 0 saturated heterocycles. The first-order valence-corrected chi connectivity index (χ1v) is 8.42. The highest BCUT2D eigenvalue weighted by atomic mass is 16.6. The second-order valence-electron chi connectivity index (χ2n) is 5.55. The van der Waals surface area contributed by atoms with Crippen LogP contribution < -0.4 is 10.1 Å². The van der Waals surface area contributed by atoms with E-state index in [9.17, 15) is 4.79 Å². The van der Waals surface area contributed by atoms with Gasteiger partial charge in [-0.05, 0) is 35.9 Å². The number of benzene rings is 3. The third kappa shape index (κ3) is 4.39. The summed E-state index contributed by atoms with van der Waals surface area (Å²) >= 11 is 0. The van der Waals surface area contributed by atoms with Crippen molar-refractivity contribution < 1.29 is 14.4 Å². The lowest BCUT2D eigenvalue weighted by molar-refractivity contribution is -0.120. The second kappa shape index (κ2) is 8.67. The van der Waals surface area contributed by atoms with E-state index in [0.29, 0.717) is 6.61 Å². The van der Waals surface area contributed by atoms with Gasteiger partial charge in [0.15, 0.2) is 6.61 Å². The number of hydrogen-bond acceptors (Lipinski definition) is 4. The standard InChI is InChI=1S/C21H20N2O3/c1-2-25-20-13-12-16-8-6-7-11-18(16)19(20)14-22-26-15-21(24)23-17-9-4-3-5-10-17/h3-14H,2,15H2,1H3,(H,23,24)/b22-14+. The summed E-state index contributed by atoms with van der Waals surface area (Å²) in [5.74, 6) is 0.462. The van der Waals surface area contributed by atoms with E-state index in [-0.39, 0.29) is 12.5 Å². The molecule has 0 atom stereocenters. The summed E-state index contributed by atoms with van der Waals surface area (Å²) in [5, 5.41) is 8.79. The molecule has 132 valence electrons. The average Bonchev–Trinajstić information content (AvgIpc) is 2.67. The van der Waals surface area contributed by atoms with Crippen LogP contribution in [0.5, 0.6) is 5.75 Å². The van der Waals surface area contributed by atoms with Gasteiger partial charge in [-0.2, -0.15) is 0 Å². The number of nitrogens with one attached hydrogen (secondary N) is 1. The molecule has 3 rings (SSSR count). The second-order valence-corrected chi connectivity index (χ2v) is 5.55. The smallest absolute Gasteiger partial charge is 0.265 e. The molecule has 1 N–H and O–H groups in total. The average molecular weight is 348 g/mol. The number of amides is 1. The number of nitrogens with zero attached hydrogens (tertiary/aromatic N) is 1. The van der Waals surface area contributed by atoms with Crippen LogP contribution in [0.1, 0.15) is 12.5 Å². The van der Waals surface area contributed by atoms with Crippen LogP contribution in [-0.4, -0.2) is 25.3 Å². The number of carbonyl (C=O) groups is 1. The zero-order valence-electron chi connectivity index (χ0n) is 14.5. The van der Waals surface area contributed by atoms with Crippen molar-refractivity contribution in [3.63, 3.8) is 0 Å². The molecular formula is C21H20N2O3. The SMILES string of the molecule is CCOc1ccc2ccccc2c1/C=N/OCC(=O)Nc1ccccc1. The fourth-order valence-electron chi connectivity index (χ4n) is 2.59. The fraction of sp³-hybridized carbons (Fsp3) is 0.143. The molecule has 26 heavy (non-hydrogen) atoms. The minimum absolute atomic E-state index is 0.167. The molecule has 0 saturated carbocycles. The third-order valence-corrected chi connectivity index (χ3v) is 3.74. The van der Waals surface area contributed by atoms with Crippen LogP contribution in [0.2, 0.25) is 0 Å². The van der Waals surface area contributed by atoms with Crippen molar-refractivity contribution in [3.8, 4) is 5.75 Å². The zero-order valence-corrected chi connectivity index (χ0v) is 14.5. The maximum atomic E-state index is 11.9. The van der Waals surface area contributed by atoms with E-state index in [1.165, 1.54) is 0 Å². The largest absolute Gasteiger partial charge is 0.493 e. The molecule has 0 bridgehead atoms. The van der Waals surface area contributed by atoms with Crippen molar-refractivity contribution >= 4 is 28.6 Å². The molecule has 3 aromatic rings. The van der Waals surface area contributed by atoms with E-state index in [1.807, 2.05) is 73.7 Å². The van der Waals surface area contributed by atoms with Crippen molar-refractivity contribution in [2.75, 3.05) is 18.5 Å². The Hall–Kier alpha value is -3.34. The quantitative estimate of drug-likeness (QED) is 0.513. The highest BCUT2D eigenvalue weighted by Crippen LogP contribution is 2.26. The lowest BCUT2D eigenvalue weighted by atomic mass is 10.0. The molecule has 0 aliphatic rings. The van der Waals surface area contributed by atoms with E-state index < -0.39 is 0 Å². The predicted octanol–water partition coefficient (Wildman–Crippen LogP) is 4.23. The number of para-hydroxylation sites is 1. The highest BCUT2D eigenvalue weighted by Gasteiger charge is 2.07. The lowest BCUT2D eigenvalue weighted by Gasteiger charge is -2.10. The Morgan fingerprint density at radius 2 is 1.81 bits per heavy atom. The minimum Gasteiger partial charge on any atom is -0.493 e. The van der Waals surface area contributed by atoms with Gasteiger partial charge in [0.2, 0.25) is 0 Å². The highest BCUT2D eigenvalue weighted by molar-refractivity contribution is 6.02. The first-order chi connectivity index (χ1) is 12.8. The molecule has 0 radical (unpaired) electrons. The van der Waals surface area contributed by atoms with Crippen LogP contribution in [-0.2, 0) is 9.63 Å². The van der Waals surface area contributed by atoms with Crippen LogP contribution >= 0.6 is 0 Å². The van der Waals surface area contributed by atoms with Crippen molar-refractivity contribution in [3.05, 3.63) is 72.3 Å². The van der Waals surface area contributed by atoms with E-state index in [4.69, 9.17) is 9.57 Å². The van der Waals surface area contributed by atoms with Crippen LogP contribution in [0, 0.1) is 0 Å². The fourth-order valence-corrected chi connectivity index (χ4v) is 2.59. The number of oxime groups is 1. The van der Waals surface area contributed by atoms with Gasteiger partial charge in [-0.3, -0.25) is 4.79 Å². The maximum absolute atomic E-state index is 11.9. The minimum atomic E-state index is -0.267. The van der Waals surface area contributed by atoms with E-state index >= 15 is 0 Å². The molecule has 0 heterocycles. The Bertz CT molecular complexity index is 908. The molecule has 0 aliphatic carbocycles. The Morgan fingerprint density at radius 1 is 1.04 bits per heavy atom. The molecule has 1 amide bonds. The Kier molecular flexibility index (Phi) is 5.83. The number of fused-ring (bicyclic) bond motifs is 1. The molecule has 0 aliphatic heterocycles. The van der Waals surface area contributed by atoms with E-state index in [1.54, 1.807) is 6.21 Å². The van der Waals surface area contributed by atoms with Crippen molar-refractivity contribution in [1.29, 1.82) is 0 Å². The zero-order chi connectivity index (χ0) is 18.2. The van der Waals surface area contributed by atoms with Crippen LogP contribution in [0.3, 0.4) is 0 Å². The van der Waals surface area contributed by atoms with E-state index in [2.05, 4.69) is 10.5 Å². The summed E-state index contributed by atoms with van der Waals surface area (Å²) in [4.78, 5) is 17.0. The predicted molar refractivity (Wildman–Crippen MR) is 104 cm³/mol. The first kappa shape index (κ1) is 17.5. The summed E-state index contributed by atoms with van der Waals surface area (Å²) in [6.45, 7) is 2.32. The number of ether oxygens (including phenoxy) is 1. The topological polar surface area (TPSA) is 59.9 Å². The monoisotopic (exact) mass is 348 g/mol. The molecule has 0 unspecified atom stereocenters. The van der Waals surface area contributed by atoms with Gasteiger partial charge in [-0.25, -0.2) is 0 Å². The van der Waals surface area contributed by atoms with Crippen molar-refractivity contribution in [2.45, 2.75) is 6.92 Å². The summed E-state index contributed by atoms with van der Waals surface area (Å²) in [6, 6.07) is 21.1. The summed E-state index contributed by atoms with van der Waals surface area (Å²) in [7, 11) is 0. The molecular weight excluding hydrogens is 328 g/mol. The Balaban J connectivity index is 1.68. The first-order valence-electron chi connectivity index (χ1n) is 8.42. The Morgan fingerprint density at radius 3 is 2.62 bits per heavy atom. The van der Waals surface area contributed by atoms with Gasteiger partial charge in [0.25, 0.3) is 5.91 Å². The molecule has 0 spiro atoms. The van der Waals surface area contributed by atoms with Gasteiger partial charge in [0, 0.05) is 11.3 Å². The molecule has 5 heteroatoms. The van der Waals surface area contributed by atoms with Gasteiger partial charge in [0.05, 0.1) is 12.8 Å². The molecule has 3 aromatic carbocycles. The molecule has 0 fully saturated rings. The van der Waals surface area contributed by atoms with E-state index in [0.717, 1.165) is 27.8 Å². The van der Waals surface area contributed by atoms with Gasteiger partial charge in [-0.15, -0.1) is 0 Å². The Labute approximate surface area is 152 Å². The summed E-state index contributed by atoms with van der Waals surface area (Å²) < 4.78 is 5.68. The van der Waals surface area contributed by atoms with Gasteiger partial charge in [0.1, 0.15) is 5.75 Å². The summed E-state index contributed by atoms with van der Waals surface area (Å²) in [5.41, 5.74) is 1.55. The number of anilines is 1. The molecule has 0 aromatic heterocycles. The van der Waals surface area contributed by atoms with Crippen molar-refractivity contribution in [1.82, 2.24) is 0 Å². The maximum Gasteiger partial charge on any atom is 0.265 e. The van der Waals surface area contributed by atoms with Crippen LogP contribution in [0.15, 0.2) is 71.9 Å². The lowest BCUT2D eigenvalue weighted by Crippen LogP contribution is -2.16. The third-order valence-electron chi connectivity index (χ3n) is 3.74.